The van der Waals surface area contributed by atoms with Crippen LogP contribution in [-0.4, -0.2) is 27.1 Å². The maximum Gasteiger partial charge on any atom is 0.241 e. The summed E-state index contributed by atoms with van der Waals surface area (Å²) in [5.74, 6) is -0.440. The quantitative estimate of drug-likeness (QED) is 0.628. The van der Waals surface area contributed by atoms with Crippen molar-refractivity contribution in [2.45, 2.75) is 6.54 Å². The molecule has 0 aromatic heterocycles. The SMILES string of the molecule is CS(=O)(=O)N(CC(=O)NCc1ccc2ccccc2c1)c1ccc(Cl)cc1Cl. The van der Waals surface area contributed by atoms with Crippen molar-refractivity contribution in [1.29, 1.82) is 0 Å². The molecular formula is C20H18Cl2N2O3S. The number of nitrogens with zero attached hydrogens (tertiary/aromatic N) is 1. The highest BCUT2D eigenvalue weighted by Crippen LogP contribution is 2.30. The Morgan fingerprint density at radius 3 is 2.39 bits per heavy atom. The second kappa shape index (κ2) is 8.39. The first-order valence-corrected chi connectivity index (χ1v) is 11.0. The lowest BCUT2D eigenvalue weighted by Gasteiger charge is -2.23. The monoisotopic (exact) mass is 436 g/mol. The van der Waals surface area contributed by atoms with Crippen molar-refractivity contribution in [3.63, 3.8) is 0 Å². The Kier molecular flexibility index (Phi) is 6.13. The Morgan fingerprint density at radius 1 is 1.00 bits per heavy atom. The molecule has 0 aliphatic carbocycles. The number of amides is 1. The van der Waals surface area contributed by atoms with Gasteiger partial charge < -0.3 is 5.32 Å². The van der Waals surface area contributed by atoms with Gasteiger partial charge in [0.2, 0.25) is 15.9 Å². The van der Waals surface area contributed by atoms with Crippen LogP contribution < -0.4 is 9.62 Å². The fourth-order valence-corrected chi connectivity index (χ4v) is 4.23. The number of hydrogen-bond acceptors (Lipinski definition) is 3. The van der Waals surface area contributed by atoms with Crippen LogP contribution >= 0.6 is 23.2 Å². The molecule has 0 atom stereocenters. The van der Waals surface area contributed by atoms with Crippen molar-refractivity contribution >= 4 is 55.6 Å². The van der Waals surface area contributed by atoms with Crippen LogP contribution in [0.1, 0.15) is 5.56 Å². The van der Waals surface area contributed by atoms with Crippen LogP contribution in [0.3, 0.4) is 0 Å². The molecule has 0 saturated carbocycles. The molecule has 0 heterocycles. The first-order valence-electron chi connectivity index (χ1n) is 8.41. The van der Waals surface area contributed by atoms with Gasteiger partial charge in [-0.2, -0.15) is 0 Å². The molecule has 8 heteroatoms. The molecule has 1 N–H and O–H groups in total. The average molecular weight is 437 g/mol. The van der Waals surface area contributed by atoms with Crippen molar-refractivity contribution in [2.75, 3.05) is 17.1 Å². The minimum Gasteiger partial charge on any atom is -0.350 e. The van der Waals surface area contributed by atoms with E-state index in [0.717, 1.165) is 26.9 Å². The van der Waals surface area contributed by atoms with Crippen molar-refractivity contribution < 1.29 is 13.2 Å². The van der Waals surface area contributed by atoms with Gasteiger partial charge in [0.25, 0.3) is 0 Å². The molecule has 3 aromatic carbocycles. The van der Waals surface area contributed by atoms with E-state index in [1.807, 2.05) is 42.5 Å². The van der Waals surface area contributed by atoms with Crippen LogP contribution in [0.25, 0.3) is 10.8 Å². The summed E-state index contributed by atoms with van der Waals surface area (Å²) in [7, 11) is -3.72. The number of carbonyl (C=O) groups excluding carboxylic acids is 1. The van der Waals surface area contributed by atoms with Crippen LogP contribution in [0.2, 0.25) is 10.0 Å². The highest BCUT2D eigenvalue weighted by molar-refractivity contribution is 7.92. The van der Waals surface area contributed by atoms with E-state index in [-0.39, 0.29) is 23.8 Å². The fourth-order valence-electron chi connectivity index (χ4n) is 2.80. The summed E-state index contributed by atoms with van der Waals surface area (Å²) in [5, 5.41) is 5.46. The molecule has 0 aliphatic heterocycles. The molecule has 3 rings (SSSR count). The van der Waals surface area contributed by atoms with Crippen LogP contribution in [-0.2, 0) is 21.4 Å². The molecule has 28 heavy (non-hydrogen) atoms. The molecule has 146 valence electrons. The van der Waals surface area contributed by atoms with Crippen LogP contribution in [0.5, 0.6) is 0 Å². The number of sulfonamides is 1. The van der Waals surface area contributed by atoms with E-state index in [2.05, 4.69) is 5.32 Å². The average Bonchev–Trinajstić information content (AvgIpc) is 2.64. The molecule has 3 aromatic rings. The van der Waals surface area contributed by atoms with E-state index in [4.69, 9.17) is 23.2 Å². The van der Waals surface area contributed by atoms with Gasteiger partial charge in [-0.05, 0) is 40.6 Å². The Balaban J connectivity index is 1.73. The Bertz CT molecular complexity index is 1130. The Hall–Kier alpha value is -2.28. The van der Waals surface area contributed by atoms with Crippen LogP contribution in [0.4, 0.5) is 5.69 Å². The molecule has 0 bridgehead atoms. The number of rotatable bonds is 6. The molecule has 0 unspecified atom stereocenters. The molecule has 1 amide bonds. The topological polar surface area (TPSA) is 66.5 Å². The van der Waals surface area contributed by atoms with Gasteiger partial charge in [-0.15, -0.1) is 0 Å². The van der Waals surface area contributed by atoms with Gasteiger partial charge in [-0.1, -0.05) is 59.6 Å². The third kappa shape index (κ3) is 4.95. The van der Waals surface area contributed by atoms with Gasteiger partial charge in [0.1, 0.15) is 6.54 Å². The predicted octanol–water partition coefficient (Wildman–Crippen LogP) is 4.23. The van der Waals surface area contributed by atoms with E-state index in [1.54, 1.807) is 0 Å². The van der Waals surface area contributed by atoms with Crippen molar-refractivity contribution in [3.05, 3.63) is 76.3 Å². The first kappa shape index (κ1) is 20.5. The highest BCUT2D eigenvalue weighted by Gasteiger charge is 2.23. The smallest absolute Gasteiger partial charge is 0.241 e. The maximum absolute atomic E-state index is 12.4. The van der Waals surface area contributed by atoms with Gasteiger partial charge >= 0.3 is 0 Å². The van der Waals surface area contributed by atoms with Crippen LogP contribution in [0.15, 0.2) is 60.7 Å². The lowest BCUT2D eigenvalue weighted by Crippen LogP contribution is -2.40. The number of anilines is 1. The van der Waals surface area contributed by atoms with Gasteiger partial charge in [0, 0.05) is 11.6 Å². The number of hydrogen-bond donors (Lipinski definition) is 1. The zero-order valence-electron chi connectivity index (χ0n) is 15.0. The highest BCUT2D eigenvalue weighted by atomic mass is 35.5. The normalized spacial score (nSPS) is 11.4. The Morgan fingerprint density at radius 2 is 1.71 bits per heavy atom. The van der Waals surface area contributed by atoms with Crippen molar-refractivity contribution in [3.8, 4) is 0 Å². The second-order valence-corrected chi connectivity index (χ2v) is 9.07. The lowest BCUT2D eigenvalue weighted by molar-refractivity contribution is -0.119. The van der Waals surface area contributed by atoms with Crippen molar-refractivity contribution in [1.82, 2.24) is 5.32 Å². The summed E-state index contributed by atoms with van der Waals surface area (Å²) < 4.78 is 25.3. The third-order valence-electron chi connectivity index (χ3n) is 4.17. The minimum atomic E-state index is -3.72. The molecular weight excluding hydrogens is 419 g/mol. The summed E-state index contributed by atoms with van der Waals surface area (Å²) in [6.07, 6.45) is 1.02. The molecule has 5 nitrogen and oxygen atoms in total. The van der Waals surface area contributed by atoms with E-state index < -0.39 is 15.9 Å². The van der Waals surface area contributed by atoms with E-state index >= 15 is 0 Å². The largest absolute Gasteiger partial charge is 0.350 e. The third-order valence-corrected chi connectivity index (χ3v) is 5.83. The number of halogens is 2. The number of carbonyl (C=O) groups is 1. The molecule has 0 spiro atoms. The molecule has 0 radical (unpaired) electrons. The predicted molar refractivity (Wildman–Crippen MR) is 114 cm³/mol. The molecule has 0 saturated heterocycles. The summed E-state index contributed by atoms with van der Waals surface area (Å²) in [6, 6.07) is 18.2. The number of fused-ring (bicyclic) bond motifs is 1. The number of nitrogens with one attached hydrogen (secondary N) is 1. The summed E-state index contributed by atoms with van der Waals surface area (Å²) >= 11 is 12.0. The summed E-state index contributed by atoms with van der Waals surface area (Å²) in [6.45, 7) is -0.0939. The fraction of sp³-hybridized carbons (Fsp3) is 0.150. The van der Waals surface area contributed by atoms with E-state index in [1.165, 1.54) is 18.2 Å². The molecule has 0 fully saturated rings. The van der Waals surface area contributed by atoms with E-state index in [9.17, 15) is 13.2 Å². The van der Waals surface area contributed by atoms with Gasteiger partial charge in [-0.3, -0.25) is 9.10 Å². The Labute approximate surface area is 173 Å². The standard InChI is InChI=1S/C20H18Cl2N2O3S/c1-28(26,27)24(19-9-8-17(21)11-18(19)22)13-20(25)23-12-14-6-7-15-4-2-3-5-16(15)10-14/h2-11H,12-13H2,1H3,(H,23,25). The van der Waals surface area contributed by atoms with Crippen LogP contribution in [0, 0.1) is 0 Å². The zero-order valence-corrected chi connectivity index (χ0v) is 17.4. The van der Waals surface area contributed by atoms with E-state index in [0.29, 0.717) is 5.02 Å². The minimum absolute atomic E-state index is 0.153. The van der Waals surface area contributed by atoms with Gasteiger partial charge in [0.05, 0.1) is 17.0 Å². The van der Waals surface area contributed by atoms with Gasteiger partial charge in [0.15, 0.2) is 0 Å². The zero-order chi connectivity index (χ0) is 20.3. The first-order chi connectivity index (χ1) is 13.2. The lowest BCUT2D eigenvalue weighted by atomic mass is 10.1. The second-order valence-electron chi connectivity index (χ2n) is 6.32. The van der Waals surface area contributed by atoms with Crippen molar-refractivity contribution in [2.24, 2.45) is 0 Å². The number of benzene rings is 3. The summed E-state index contributed by atoms with van der Waals surface area (Å²) in [4.78, 5) is 12.4. The van der Waals surface area contributed by atoms with Gasteiger partial charge in [-0.25, -0.2) is 8.42 Å². The summed E-state index contributed by atoms with van der Waals surface area (Å²) in [5.41, 5.74) is 1.12. The maximum atomic E-state index is 12.4. The molecule has 0 aliphatic rings.